The molecule has 0 atom stereocenters. The minimum Gasteiger partial charge on any atom is -0.457 e. The molecule has 3 N–H and O–H groups in total. The Morgan fingerprint density at radius 3 is 2.56 bits per heavy atom. The molecule has 1 aliphatic rings. The Balaban J connectivity index is 1.69. The summed E-state index contributed by atoms with van der Waals surface area (Å²) in [4.78, 5) is 16.5. The average molecular weight is 353 g/mol. The standard InChI is InChI=1S/C18H31N3O4/c22-12-10-21(11-13-23)15-16-4-5-18(25-16)17(24)14-19-6-9-20-7-2-1-3-8-20/h4-5,19,22-23H,1-3,6-15H2. The van der Waals surface area contributed by atoms with E-state index in [2.05, 4.69) is 10.2 Å². The van der Waals surface area contributed by atoms with Crippen molar-refractivity contribution in [3.63, 3.8) is 0 Å². The zero-order valence-corrected chi connectivity index (χ0v) is 15.0. The molecule has 0 bridgehead atoms. The molecule has 0 radical (unpaired) electrons. The molecule has 0 aliphatic carbocycles. The highest BCUT2D eigenvalue weighted by Gasteiger charge is 2.14. The number of hydrogen-bond donors (Lipinski definition) is 3. The van der Waals surface area contributed by atoms with Crippen LogP contribution in [-0.4, -0.2) is 84.8 Å². The van der Waals surface area contributed by atoms with Gasteiger partial charge in [-0.05, 0) is 38.1 Å². The number of nitrogens with zero attached hydrogens (tertiary/aromatic N) is 2. The molecular formula is C18H31N3O4. The lowest BCUT2D eigenvalue weighted by Crippen LogP contribution is -2.37. The van der Waals surface area contributed by atoms with E-state index in [1.807, 2.05) is 4.90 Å². The Kier molecular flexibility index (Phi) is 9.14. The molecule has 1 aromatic rings. The van der Waals surface area contributed by atoms with Crippen LogP contribution >= 0.6 is 0 Å². The van der Waals surface area contributed by atoms with E-state index >= 15 is 0 Å². The van der Waals surface area contributed by atoms with E-state index in [-0.39, 0.29) is 25.5 Å². The summed E-state index contributed by atoms with van der Waals surface area (Å²) in [6, 6.07) is 3.47. The summed E-state index contributed by atoms with van der Waals surface area (Å²) in [5, 5.41) is 21.3. The topological polar surface area (TPSA) is 89.2 Å². The van der Waals surface area contributed by atoms with Crippen molar-refractivity contribution in [3.05, 3.63) is 23.7 Å². The van der Waals surface area contributed by atoms with Crippen LogP contribution in [0, 0.1) is 0 Å². The zero-order valence-electron chi connectivity index (χ0n) is 15.0. The Labute approximate surface area is 149 Å². The van der Waals surface area contributed by atoms with E-state index in [1.54, 1.807) is 12.1 Å². The number of Topliss-reactive ketones (excluding diaryl/α,β-unsaturated/α-hetero) is 1. The van der Waals surface area contributed by atoms with Gasteiger partial charge in [0.2, 0.25) is 5.78 Å². The molecule has 0 saturated carbocycles. The van der Waals surface area contributed by atoms with Gasteiger partial charge in [-0.15, -0.1) is 0 Å². The monoisotopic (exact) mass is 353 g/mol. The Bertz CT molecular complexity index is 494. The van der Waals surface area contributed by atoms with Crippen molar-refractivity contribution in [2.45, 2.75) is 25.8 Å². The number of aliphatic hydroxyl groups excluding tert-OH is 2. The number of carbonyl (C=O) groups is 1. The Morgan fingerprint density at radius 2 is 1.88 bits per heavy atom. The Hall–Kier alpha value is -1.25. The van der Waals surface area contributed by atoms with E-state index in [9.17, 15) is 4.79 Å². The molecular weight excluding hydrogens is 322 g/mol. The van der Waals surface area contributed by atoms with Crippen LogP contribution in [0.2, 0.25) is 0 Å². The van der Waals surface area contributed by atoms with Crippen molar-refractivity contribution >= 4 is 5.78 Å². The number of piperidine rings is 1. The van der Waals surface area contributed by atoms with Crippen LogP contribution in [0.3, 0.4) is 0 Å². The summed E-state index contributed by atoms with van der Waals surface area (Å²) >= 11 is 0. The van der Waals surface area contributed by atoms with Crippen molar-refractivity contribution in [1.82, 2.24) is 15.1 Å². The van der Waals surface area contributed by atoms with Crippen molar-refractivity contribution in [2.75, 3.05) is 59.0 Å². The normalized spacial score (nSPS) is 15.8. The second-order valence-corrected chi connectivity index (χ2v) is 6.49. The highest BCUT2D eigenvalue weighted by Crippen LogP contribution is 2.11. The van der Waals surface area contributed by atoms with Gasteiger partial charge in [0.15, 0.2) is 5.76 Å². The fourth-order valence-electron chi connectivity index (χ4n) is 3.10. The number of hydrogen-bond acceptors (Lipinski definition) is 7. The van der Waals surface area contributed by atoms with Gasteiger partial charge in [0.05, 0.1) is 26.3 Å². The van der Waals surface area contributed by atoms with Gasteiger partial charge in [-0.3, -0.25) is 9.69 Å². The van der Waals surface area contributed by atoms with Gasteiger partial charge in [-0.1, -0.05) is 6.42 Å². The molecule has 7 heteroatoms. The largest absolute Gasteiger partial charge is 0.457 e. The highest BCUT2D eigenvalue weighted by atomic mass is 16.3. The predicted octanol–water partition coefficient (Wildman–Crippen LogP) is 0.324. The van der Waals surface area contributed by atoms with E-state index in [1.165, 1.54) is 19.3 Å². The van der Waals surface area contributed by atoms with E-state index in [4.69, 9.17) is 14.6 Å². The minimum atomic E-state index is -0.0549. The van der Waals surface area contributed by atoms with Crippen molar-refractivity contribution in [1.29, 1.82) is 0 Å². The fourth-order valence-corrected chi connectivity index (χ4v) is 3.10. The maximum absolute atomic E-state index is 12.2. The van der Waals surface area contributed by atoms with Crippen LogP contribution in [0.5, 0.6) is 0 Å². The summed E-state index contributed by atoms with van der Waals surface area (Å²) in [5.41, 5.74) is 0. The first-order valence-electron chi connectivity index (χ1n) is 9.22. The number of likely N-dealkylation sites (tertiary alicyclic amines) is 1. The molecule has 1 fully saturated rings. The maximum atomic E-state index is 12.2. The zero-order chi connectivity index (χ0) is 17.9. The van der Waals surface area contributed by atoms with Crippen LogP contribution < -0.4 is 5.32 Å². The maximum Gasteiger partial charge on any atom is 0.211 e. The smallest absolute Gasteiger partial charge is 0.211 e. The van der Waals surface area contributed by atoms with E-state index in [0.29, 0.717) is 31.2 Å². The highest BCUT2D eigenvalue weighted by molar-refractivity contribution is 5.95. The number of carbonyl (C=O) groups excluding carboxylic acids is 1. The third kappa shape index (κ3) is 7.25. The molecule has 0 spiro atoms. The van der Waals surface area contributed by atoms with Gasteiger partial charge >= 0.3 is 0 Å². The van der Waals surface area contributed by atoms with Crippen LogP contribution in [-0.2, 0) is 6.54 Å². The van der Waals surface area contributed by atoms with Gasteiger partial charge in [0.1, 0.15) is 5.76 Å². The van der Waals surface area contributed by atoms with Gasteiger partial charge in [0, 0.05) is 26.2 Å². The van der Waals surface area contributed by atoms with Gasteiger partial charge in [-0.2, -0.15) is 0 Å². The second kappa shape index (κ2) is 11.4. The van der Waals surface area contributed by atoms with Crippen LogP contribution in [0.4, 0.5) is 0 Å². The molecule has 2 heterocycles. The first kappa shape index (κ1) is 20.1. The summed E-state index contributed by atoms with van der Waals surface area (Å²) in [5.74, 6) is 0.966. The summed E-state index contributed by atoms with van der Waals surface area (Å²) in [7, 11) is 0. The third-order valence-corrected chi connectivity index (χ3v) is 4.49. The predicted molar refractivity (Wildman–Crippen MR) is 95.6 cm³/mol. The number of rotatable bonds is 12. The van der Waals surface area contributed by atoms with Crippen LogP contribution in [0.1, 0.15) is 35.6 Å². The van der Waals surface area contributed by atoms with E-state index in [0.717, 1.165) is 26.2 Å². The molecule has 2 rings (SSSR count). The summed E-state index contributed by atoms with van der Waals surface area (Å²) < 4.78 is 5.61. The SMILES string of the molecule is O=C(CNCCN1CCCCC1)c1ccc(CN(CCO)CCO)o1. The number of furan rings is 1. The van der Waals surface area contributed by atoms with Gasteiger partial charge in [-0.25, -0.2) is 0 Å². The van der Waals surface area contributed by atoms with Crippen molar-refractivity contribution in [2.24, 2.45) is 0 Å². The second-order valence-electron chi connectivity index (χ2n) is 6.49. The molecule has 1 aliphatic heterocycles. The van der Waals surface area contributed by atoms with Crippen LogP contribution in [0.25, 0.3) is 0 Å². The average Bonchev–Trinajstić information content (AvgIpc) is 3.08. The number of nitrogens with one attached hydrogen (secondary N) is 1. The molecule has 7 nitrogen and oxygen atoms in total. The summed E-state index contributed by atoms with van der Waals surface area (Å²) in [6.45, 7) is 5.82. The third-order valence-electron chi connectivity index (χ3n) is 4.49. The molecule has 0 amide bonds. The van der Waals surface area contributed by atoms with Crippen molar-refractivity contribution in [3.8, 4) is 0 Å². The van der Waals surface area contributed by atoms with Crippen molar-refractivity contribution < 1.29 is 19.4 Å². The van der Waals surface area contributed by atoms with Crippen LogP contribution in [0.15, 0.2) is 16.5 Å². The molecule has 1 saturated heterocycles. The molecule has 142 valence electrons. The molecule has 0 aromatic carbocycles. The first-order chi connectivity index (χ1) is 12.2. The Morgan fingerprint density at radius 1 is 1.16 bits per heavy atom. The lowest BCUT2D eigenvalue weighted by Gasteiger charge is -2.26. The lowest BCUT2D eigenvalue weighted by molar-refractivity contribution is 0.0956. The molecule has 25 heavy (non-hydrogen) atoms. The number of aliphatic hydroxyl groups is 2. The summed E-state index contributed by atoms with van der Waals surface area (Å²) in [6.07, 6.45) is 3.88. The lowest BCUT2D eigenvalue weighted by atomic mass is 10.1. The first-order valence-corrected chi connectivity index (χ1v) is 9.22. The van der Waals surface area contributed by atoms with E-state index < -0.39 is 0 Å². The molecule has 0 unspecified atom stereocenters. The quantitative estimate of drug-likeness (QED) is 0.368. The van der Waals surface area contributed by atoms with Gasteiger partial charge < -0.3 is 24.8 Å². The fraction of sp³-hybridized carbons (Fsp3) is 0.722. The molecule has 1 aromatic heterocycles. The van der Waals surface area contributed by atoms with Gasteiger partial charge in [0.25, 0.3) is 0 Å². The number of ketones is 1. The minimum absolute atomic E-state index is 0.0213.